The van der Waals surface area contributed by atoms with Crippen molar-refractivity contribution < 1.29 is 33.9 Å². The van der Waals surface area contributed by atoms with Gasteiger partial charge in [0, 0.05) is 38.1 Å². The summed E-state index contributed by atoms with van der Waals surface area (Å²) in [7, 11) is 0. The Bertz CT molecular complexity index is 686. The fraction of sp³-hybridized carbons (Fsp3) is 0.556. The minimum Gasteiger partial charge on any atom is -0.480 e. The van der Waals surface area contributed by atoms with Crippen molar-refractivity contribution in [3.63, 3.8) is 0 Å². The SMILES string of the molecule is CC(NC(=O)C(C)NC(=O)CCCCC(=O)NCCN1C(=O)C=CC1=O)C(=O)O. The van der Waals surface area contributed by atoms with Gasteiger partial charge < -0.3 is 21.1 Å². The molecule has 2 unspecified atom stereocenters. The minimum absolute atomic E-state index is 0.0965. The van der Waals surface area contributed by atoms with Crippen molar-refractivity contribution in [2.24, 2.45) is 0 Å². The summed E-state index contributed by atoms with van der Waals surface area (Å²) in [6, 6.07) is -1.93. The van der Waals surface area contributed by atoms with Gasteiger partial charge in [0.1, 0.15) is 12.1 Å². The summed E-state index contributed by atoms with van der Waals surface area (Å²) < 4.78 is 0. The molecule has 1 aliphatic rings. The van der Waals surface area contributed by atoms with Gasteiger partial charge in [0.25, 0.3) is 11.8 Å². The van der Waals surface area contributed by atoms with E-state index in [2.05, 4.69) is 16.0 Å². The van der Waals surface area contributed by atoms with Gasteiger partial charge in [-0.1, -0.05) is 0 Å². The van der Waals surface area contributed by atoms with E-state index in [-0.39, 0.29) is 37.7 Å². The number of aliphatic carboxylic acids is 1. The summed E-state index contributed by atoms with van der Waals surface area (Å²) >= 11 is 0. The highest BCUT2D eigenvalue weighted by molar-refractivity contribution is 6.12. The summed E-state index contributed by atoms with van der Waals surface area (Å²) in [5.41, 5.74) is 0. The normalized spacial score (nSPS) is 15.0. The Hall–Kier alpha value is -3.24. The number of carboxylic acids is 1. The molecule has 11 heteroatoms. The number of unbranched alkanes of at least 4 members (excludes halogenated alkanes) is 1. The number of imide groups is 1. The zero-order valence-electron chi connectivity index (χ0n) is 16.4. The molecule has 0 aromatic rings. The number of carbonyl (C=O) groups is 6. The molecule has 0 saturated heterocycles. The smallest absolute Gasteiger partial charge is 0.325 e. The highest BCUT2D eigenvalue weighted by Crippen LogP contribution is 2.03. The predicted molar refractivity (Wildman–Crippen MR) is 100 cm³/mol. The Morgan fingerprint density at radius 2 is 1.48 bits per heavy atom. The molecule has 2 atom stereocenters. The largest absolute Gasteiger partial charge is 0.480 e. The Morgan fingerprint density at radius 3 is 2.03 bits per heavy atom. The zero-order valence-corrected chi connectivity index (χ0v) is 16.4. The summed E-state index contributed by atoms with van der Waals surface area (Å²) in [6.07, 6.45) is 3.51. The highest BCUT2D eigenvalue weighted by atomic mass is 16.4. The molecule has 160 valence electrons. The van der Waals surface area contributed by atoms with Crippen molar-refractivity contribution in [2.75, 3.05) is 13.1 Å². The lowest BCUT2D eigenvalue weighted by atomic mass is 10.1. The van der Waals surface area contributed by atoms with E-state index in [1.54, 1.807) is 0 Å². The minimum atomic E-state index is -1.18. The van der Waals surface area contributed by atoms with Gasteiger partial charge in [-0.25, -0.2) is 0 Å². The first kappa shape index (κ1) is 23.8. The third kappa shape index (κ3) is 8.54. The summed E-state index contributed by atoms with van der Waals surface area (Å²) in [6.45, 7) is 3.01. The van der Waals surface area contributed by atoms with Crippen molar-refractivity contribution >= 4 is 35.5 Å². The van der Waals surface area contributed by atoms with Gasteiger partial charge in [-0.05, 0) is 26.7 Å². The first-order valence-electron chi connectivity index (χ1n) is 9.24. The molecule has 0 aromatic carbocycles. The standard InChI is InChI=1S/C18H26N4O7/c1-11(17(27)21-12(2)18(28)29)20-14(24)6-4-3-5-13(23)19-9-10-22-15(25)7-8-16(22)26/h7-8,11-12H,3-6,9-10H2,1-2H3,(H,19,23)(H,20,24)(H,21,27)(H,28,29). The van der Waals surface area contributed by atoms with E-state index in [0.717, 1.165) is 4.90 Å². The van der Waals surface area contributed by atoms with Crippen LogP contribution in [-0.4, -0.2) is 70.7 Å². The number of nitrogens with one attached hydrogen (secondary N) is 3. The second kappa shape index (κ2) is 11.6. The molecule has 0 aliphatic carbocycles. The summed E-state index contributed by atoms with van der Waals surface area (Å²) in [4.78, 5) is 69.7. The highest BCUT2D eigenvalue weighted by Gasteiger charge is 2.23. The third-order valence-corrected chi connectivity index (χ3v) is 4.12. The first-order chi connectivity index (χ1) is 13.6. The molecule has 1 aliphatic heterocycles. The van der Waals surface area contributed by atoms with E-state index in [4.69, 9.17) is 5.11 Å². The average molecular weight is 410 g/mol. The predicted octanol–water partition coefficient (Wildman–Crippen LogP) is -1.32. The second-order valence-electron chi connectivity index (χ2n) is 6.58. The van der Waals surface area contributed by atoms with Gasteiger partial charge in [-0.3, -0.25) is 33.7 Å². The second-order valence-corrected chi connectivity index (χ2v) is 6.58. The molecule has 0 spiro atoms. The van der Waals surface area contributed by atoms with Crippen LogP contribution in [0.15, 0.2) is 12.2 Å². The third-order valence-electron chi connectivity index (χ3n) is 4.12. The lowest BCUT2D eigenvalue weighted by molar-refractivity contribution is -0.141. The van der Waals surface area contributed by atoms with Crippen molar-refractivity contribution in [1.29, 1.82) is 0 Å². The van der Waals surface area contributed by atoms with Crippen molar-refractivity contribution in [1.82, 2.24) is 20.9 Å². The average Bonchev–Trinajstić information content (AvgIpc) is 2.97. The number of carbonyl (C=O) groups excluding carboxylic acids is 5. The first-order valence-corrected chi connectivity index (χ1v) is 9.24. The van der Waals surface area contributed by atoms with Crippen LogP contribution in [0.5, 0.6) is 0 Å². The molecule has 0 saturated carbocycles. The van der Waals surface area contributed by atoms with Crippen LogP contribution < -0.4 is 16.0 Å². The van der Waals surface area contributed by atoms with Crippen molar-refractivity contribution in [3.05, 3.63) is 12.2 Å². The number of amides is 5. The van der Waals surface area contributed by atoms with E-state index in [9.17, 15) is 28.8 Å². The van der Waals surface area contributed by atoms with Gasteiger partial charge in [0.15, 0.2) is 0 Å². The molecule has 0 bridgehead atoms. The molecule has 1 heterocycles. The molecule has 5 amide bonds. The molecule has 4 N–H and O–H groups in total. The van der Waals surface area contributed by atoms with Crippen LogP contribution in [0.2, 0.25) is 0 Å². The number of hydrogen-bond donors (Lipinski definition) is 4. The van der Waals surface area contributed by atoms with Gasteiger partial charge in [-0.15, -0.1) is 0 Å². The van der Waals surface area contributed by atoms with E-state index in [1.165, 1.54) is 26.0 Å². The maximum Gasteiger partial charge on any atom is 0.325 e. The molecular formula is C18H26N4O7. The molecule has 0 radical (unpaired) electrons. The Balaban J connectivity index is 2.13. The lowest BCUT2D eigenvalue weighted by Crippen LogP contribution is -2.49. The molecule has 29 heavy (non-hydrogen) atoms. The fourth-order valence-corrected chi connectivity index (χ4v) is 2.40. The van der Waals surface area contributed by atoms with Crippen LogP contribution in [0.1, 0.15) is 39.5 Å². The topological polar surface area (TPSA) is 162 Å². The van der Waals surface area contributed by atoms with Gasteiger partial charge in [-0.2, -0.15) is 0 Å². The lowest BCUT2D eigenvalue weighted by Gasteiger charge is -2.16. The molecule has 0 fully saturated rings. The van der Waals surface area contributed by atoms with Crippen LogP contribution >= 0.6 is 0 Å². The quantitative estimate of drug-likeness (QED) is 0.229. The van der Waals surface area contributed by atoms with Crippen molar-refractivity contribution in [2.45, 2.75) is 51.6 Å². The maximum atomic E-state index is 11.8. The Labute approximate surface area is 167 Å². The molecule has 0 aromatic heterocycles. The van der Waals surface area contributed by atoms with Crippen LogP contribution in [0.3, 0.4) is 0 Å². The Kier molecular flexibility index (Phi) is 9.49. The van der Waals surface area contributed by atoms with E-state index >= 15 is 0 Å². The Morgan fingerprint density at radius 1 is 0.931 bits per heavy atom. The number of rotatable bonds is 12. The van der Waals surface area contributed by atoms with Gasteiger partial charge in [0.2, 0.25) is 17.7 Å². The maximum absolute atomic E-state index is 11.8. The number of hydrogen-bond acceptors (Lipinski definition) is 6. The van der Waals surface area contributed by atoms with Crippen LogP contribution in [0.4, 0.5) is 0 Å². The van der Waals surface area contributed by atoms with Crippen molar-refractivity contribution in [3.8, 4) is 0 Å². The summed E-state index contributed by atoms with van der Waals surface area (Å²) in [5, 5.41) is 16.1. The molecular weight excluding hydrogens is 384 g/mol. The van der Waals surface area contributed by atoms with E-state index in [1.807, 2.05) is 0 Å². The number of nitrogens with zero attached hydrogens (tertiary/aromatic N) is 1. The van der Waals surface area contributed by atoms with E-state index < -0.39 is 35.8 Å². The van der Waals surface area contributed by atoms with Gasteiger partial charge >= 0.3 is 5.97 Å². The summed E-state index contributed by atoms with van der Waals surface area (Å²) in [5.74, 6) is -3.23. The zero-order chi connectivity index (χ0) is 22.0. The monoisotopic (exact) mass is 410 g/mol. The van der Waals surface area contributed by atoms with E-state index in [0.29, 0.717) is 12.8 Å². The van der Waals surface area contributed by atoms with Crippen LogP contribution in [-0.2, 0) is 28.8 Å². The number of carboxylic acid groups (broad SMARTS) is 1. The molecule has 1 rings (SSSR count). The van der Waals surface area contributed by atoms with Crippen LogP contribution in [0, 0.1) is 0 Å². The van der Waals surface area contributed by atoms with Crippen LogP contribution in [0.25, 0.3) is 0 Å². The molecule has 11 nitrogen and oxygen atoms in total. The fourth-order valence-electron chi connectivity index (χ4n) is 2.40. The van der Waals surface area contributed by atoms with Gasteiger partial charge in [0.05, 0.1) is 0 Å².